The second-order valence-electron chi connectivity index (χ2n) is 7.45. The van der Waals surface area contributed by atoms with E-state index in [2.05, 4.69) is 0 Å². The first-order valence-electron chi connectivity index (χ1n) is 10.3. The topological polar surface area (TPSA) is 135 Å². The van der Waals surface area contributed by atoms with E-state index in [1.54, 1.807) is 16.7 Å². The van der Waals surface area contributed by atoms with Crippen molar-refractivity contribution in [1.82, 2.24) is 9.13 Å². The van der Waals surface area contributed by atoms with Crippen LogP contribution in [0.4, 0.5) is 5.69 Å². The maximum atomic E-state index is 13.5. The fourth-order valence-corrected chi connectivity index (χ4v) is 4.23. The van der Waals surface area contributed by atoms with E-state index in [9.17, 15) is 24.8 Å². The van der Waals surface area contributed by atoms with Gasteiger partial charge in [0.05, 0.1) is 54.1 Å². The van der Waals surface area contributed by atoms with Crippen LogP contribution in [-0.4, -0.2) is 46.5 Å². The number of methoxy groups -OCH3 is 3. The molecule has 0 aliphatic heterocycles. The van der Waals surface area contributed by atoms with E-state index in [0.29, 0.717) is 28.5 Å². The molecule has 0 fully saturated rings. The quantitative estimate of drug-likeness (QED) is 0.221. The van der Waals surface area contributed by atoms with E-state index in [-0.39, 0.29) is 27.1 Å². The van der Waals surface area contributed by atoms with Crippen molar-refractivity contribution in [3.8, 4) is 28.6 Å². The molecule has 0 bridgehead atoms. The Hall–Kier alpha value is -4.71. The molecule has 0 aliphatic carbocycles. The fourth-order valence-electron chi connectivity index (χ4n) is 3.84. The molecular weight excluding hydrogens is 490 g/mol. The summed E-state index contributed by atoms with van der Waals surface area (Å²) < 4.78 is 19.0. The normalized spacial score (nSPS) is 10.8. The van der Waals surface area contributed by atoms with Crippen LogP contribution in [0.2, 0.25) is 0 Å². The number of carboxylic acid groups (broad SMARTS) is 1. The molecule has 184 valence electrons. The van der Waals surface area contributed by atoms with Crippen molar-refractivity contribution in [2.24, 2.45) is 0 Å². The molecule has 36 heavy (non-hydrogen) atoms. The molecule has 1 heterocycles. The van der Waals surface area contributed by atoms with Gasteiger partial charge in [-0.2, -0.15) is 0 Å². The molecule has 4 rings (SSSR count). The number of benzene rings is 3. The van der Waals surface area contributed by atoms with E-state index in [1.165, 1.54) is 68.4 Å². The van der Waals surface area contributed by atoms with Crippen molar-refractivity contribution >= 4 is 34.8 Å². The number of carboxylic acids is 1. The number of non-ortho nitro benzene ring substituents is 1. The molecule has 3 aromatic carbocycles. The van der Waals surface area contributed by atoms with Crippen LogP contribution in [0.15, 0.2) is 59.4 Å². The van der Waals surface area contributed by atoms with Crippen LogP contribution in [0, 0.1) is 14.9 Å². The molecule has 0 saturated heterocycles. The molecule has 0 atom stereocenters. The van der Waals surface area contributed by atoms with Gasteiger partial charge in [0.15, 0.2) is 16.3 Å². The number of hydrogen-bond acceptors (Lipinski definition) is 8. The first-order valence-corrected chi connectivity index (χ1v) is 10.7. The Morgan fingerprint density at radius 2 is 1.53 bits per heavy atom. The van der Waals surface area contributed by atoms with Crippen LogP contribution < -0.4 is 19.8 Å². The number of fused-ring (bicyclic) bond motifs is 1. The first kappa shape index (κ1) is 24.4. The van der Waals surface area contributed by atoms with E-state index >= 15 is 0 Å². The second kappa shape index (κ2) is 9.50. The lowest BCUT2D eigenvalue weighted by Crippen LogP contribution is -2.24. The number of ether oxygens (including phenoxy) is 3. The summed E-state index contributed by atoms with van der Waals surface area (Å²) in [6.45, 7) is 0. The molecule has 0 spiro atoms. The number of aromatic nitrogens is 2. The fraction of sp³-hybridized carbons (Fsp3) is 0.125. The zero-order valence-electron chi connectivity index (χ0n) is 19.3. The van der Waals surface area contributed by atoms with Gasteiger partial charge in [0.25, 0.3) is 11.2 Å². The minimum absolute atomic E-state index is 0.0200. The van der Waals surface area contributed by atoms with Crippen LogP contribution >= 0.6 is 12.2 Å². The van der Waals surface area contributed by atoms with Gasteiger partial charge in [0.1, 0.15) is 0 Å². The largest absolute Gasteiger partial charge is 0.493 e. The van der Waals surface area contributed by atoms with E-state index in [0.717, 1.165) is 0 Å². The Labute approximate surface area is 208 Å². The summed E-state index contributed by atoms with van der Waals surface area (Å²) in [5.41, 5.74) is 0.162. The highest BCUT2D eigenvalue weighted by Crippen LogP contribution is 2.40. The third-order valence-electron chi connectivity index (χ3n) is 5.53. The lowest BCUT2D eigenvalue weighted by molar-refractivity contribution is -0.384. The molecular formula is C24H19N3O8S. The van der Waals surface area contributed by atoms with E-state index in [1.807, 2.05) is 0 Å². The highest BCUT2D eigenvalue weighted by molar-refractivity contribution is 7.71. The standard InChI is InChI=1S/C24H19N3O8S/c1-33-19-11-16(12-20(34-2)21(19)35-3)25-18-9-8-15(27(31)32)10-17(18)22(28)26(24(25)36)14-6-4-13(5-7-14)23(29)30/h4-12H,1-3H3,(H,29,30). The second-order valence-corrected chi connectivity index (χ2v) is 7.82. The van der Waals surface area contributed by atoms with Gasteiger partial charge >= 0.3 is 5.97 Å². The van der Waals surface area contributed by atoms with Crippen LogP contribution in [0.1, 0.15) is 10.4 Å². The van der Waals surface area contributed by atoms with Gasteiger partial charge in [-0.15, -0.1) is 0 Å². The molecule has 0 unspecified atom stereocenters. The number of nitro groups is 1. The van der Waals surface area contributed by atoms with Crippen LogP contribution in [0.3, 0.4) is 0 Å². The average Bonchev–Trinajstić information content (AvgIpc) is 2.88. The molecule has 11 nitrogen and oxygen atoms in total. The predicted molar refractivity (Wildman–Crippen MR) is 133 cm³/mol. The molecule has 0 amide bonds. The van der Waals surface area contributed by atoms with Crippen molar-refractivity contribution < 1.29 is 29.0 Å². The van der Waals surface area contributed by atoms with Gasteiger partial charge in [-0.25, -0.2) is 4.79 Å². The van der Waals surface area contributed by atoms with Gasteiger partial charge in [-0.05, 0) is 42.5 Å². The summed E-state index contributed by atoms with van der Waals surface area (Å²) in [5, 5.41) is 20.7. The summed E-state index contributed by atoms with van der Waals surface area (Å²) in [5.74, 6) is -0.137. The van der Waals surface area contributed by atoms with Gasteiger partial charge in [-0.1, -0.05) is 0 Å². The molecule has 1 aromatic heterocycles. The maximum absolute atomic E-state index is 13.5. The number of carbonyl (C=O) groups is 1. The summed E-state index contributed by atoms with van der Waals surface area (Å²) in [7, 11) is 4.36. The molecule has 0 radical (unpaired) electrons. The van der Waals surface area contributed by atoms with Crippen molar-refractivity contribution in [2.45, 2.75) is 0 Å². The SMILES string of the molecule is COc1cc(-n2c(=S)n(-c3ccc(C(=O)O)cc3)c(=O)c3cc([N+](=O)[O-])ccc32)cc(OC)c1OC. The van der Waals surface area contributed by atoms with E-state index < -0.39 is 16.5 Å². The number of aromatic carboxylic acids is 1. The summed E-state index contributed by atoms with van der Waals surface area (Å²) >= 11 is 5.72. The summed E-state index contributed by atoms with van der Waals surface area (Å²) in [4.78, 5) is 35.7. The van der Waals surface area contributed by atoms with Gasteiger partial charge in [0, 0.05) is 24.3 Å². The van der Waals surface area contributed by atoms with Crippen molar-refractivity contribution in [2.75, 3.05) is 21.3 Å². The molecule has 12 heteroatoms. The lowest BCUT2D eigenvalue weighted by atomic mass is 10.1. The zero-order chi connectivity index (χ0) is 26.1. The van der Waals surface area contributed by atoms with Crippen LogP contribution in [0.25, 0.3) is 22.3 Å². The third-order valence-corrected chi connectivity index (χ3v) is 5.89. The van der Waals surface area contributed by atoms with Gasteiger partial charge < -0.3 is 19.3 Å². The van der Waals surface area contributed by atoms with Crippen molar-refractivity contribution in [3.05, 3.63) is 85.4 Å². The van der Waals surface area contributed by atoms with Crippen molar-refractivity contribution in [3.63, 3.8) is 0 Å². The minimum Gasteiger partial charge on any atom is -0.493 e. The number of rotatable bonds is 7. The predicted octanol–water partition coefficient (Wildman–Crippen LogP) is 4.14. The van der Waals surface area contributed by atoms with Gasteiger partial charge in [0.2, 0.25) is 5.75 Å². The Kier molecular flexibility index (Phi) is 6.45. The average molecular weight is 509 g/mol. The molecule has 0 aliphatic rings. The molecule has 0 saturated carbocycles. The smallest absolute Gasteiger partial charge is 0.335 e. The summed E-state index contributed by atoms with van der Waals surface area (Å²) in [6.07, 6.45) is 0. The monoisotopic (exact) mass is 509 g/mol. The van der Waals surface area contributed by atoms with Crippen LogP contribution in [0.5, 0.6) is 17.2 Å². The Bertz CT molecular complexity index is 1620. The van der Waals surface area contributed by atoms with E-state index in [4.69, 9.17) is 26.4 Å². The number of nitro benzene ring substituents is 1. The Morgan fingerprint density at radius 3 is 2.03 bits per heavy atom. The van der Waals surface area contributed by atoms with Gasteiger partial charge in [-0.3, -0.25) is 24.0 Å². The van der Waals surface area contributed by atoms with Crippen molar-refractivity contribution in [1.29, 1.82) is 0 Å². The number of hydrogen-bond donors (Lipinski definition) is 1. The third kappa shape index (κ3) is 4.03. The summed E-state index contributed by atoms with van der Waals surface area (Å²) in [6, 6.07) is 12.7. The van der Waals surface area contributed by atoms with Crippen LogP contribution in [-0.2, 0) is 0 Å². The Balaban J connectivity index is 2.15. The lowest BCUT2D eigenvalue weighted by Gasteiger charge is -2.19. The zero-order valence-corrected chi connectivity index (χ0v) is 20.1. The molecule has 1 N–H and O–H groups in total. The maximum Gasteiger partial charge on any atom is 0.335 e. The Morgan fingerprint density at radius 1 is 0.917 bits per heavy atom. The highest BCUT2D eigenvalue weighted by atomic mass is 32.1. The first-order chi connectivity index (χ1) is 17.2. The highest BCUT2D eigenvalue weighted by Gasteiger charge is 2.20. The minimum atomic E-state index is -1.13. The number of nitrogens with zero attached hydrogens (tertiary/aromatic N) is 3. The molecule has 4 aromatic rings.